The fourth-order valence-corrected chi connectivity index (χ4v) is 9.56. The van der Waals surface area contributed by atoms with E-state index < -0.39 is 0 Å². The number of carbonyl (C=O) groups excluding carboxylic acids is 1. The predicted molar refractivity (Wildman–Crippen MR) is 159 cm³/mol. The summed E-state index contributed by atoms with van der Waals surface area (Å²) in [5, 5.41) is 4.69. The van der Waals surface area contributed by atoms with E-state index in [1.165, 1.54) is 66.1 Å². The lowest BCUT2D eigenvalue weighted by atomic mass is 9.49. The molecule has 2 aromatic carbocycles. The highest BCUT2D eigenvalue weighted by molar-refractivity contribution is 5.86. The van der Waals surface area contributed by atoms with Gasteiger partial charge in [0.25, 0.3) is 0 Å². The van der Waals surface area contributed by atoms with Crippen LogP contribution in [0.1, 0.15) is 93.2 Å². The molecular weight excluding hydrogens is 478 g/mol. The number of rotatable bonds is 7. The van der Waals surface area contributed by atoms with Crippen molar-refractivity contribution in [3.8, 4) is 0 Å². The molecule has 5 saturated carbocycles. The summed E-state index contributed by atoms with van der Waals surface area (Å²) in [6.07, 6.45) is 15.6. The summed E-state index contributed by atoms with van der Waals surface area (Å²) in [5.74, 6) is 3.07. The SMILES string of the molecule is Cc1cccc(C(CC(=O)NC2CCC(N)CC2)c2cn(CC34CC5CC(CC(C5)C3)C4)c3ccccc23)c1. The van der Waals surface area contributed by atoms with Crippen molar-refractivity contribution < 1.29 is 4.79 Å². The standard InChI is InChI=1S/C35H45N3O/c1-23-5-4-6-27(13-23)31(17-34(39)37-29-11-9-28(36)10-12-29)32-21-38(33-8-3-2-7-30(32)33)22-35-18-24-14-25(19-35)16-26(15-24)20-35/h2-8,13,21,24-26,28-29,31H,9-12,14-20,22,36H2,1H3,(H,37,39). The van der Waals surface area contributed by atoms with Crippen LogP contribution in [0.3, 0.4) is 0 Å². The van der Waals surface area contributed by atoms with Gasteiger partial charge in [0.2, 0.25) is 5.91 Å². The molecule has 1 heterocycles. The molecule has 4 heteroatoms. The first-order chi connectivity index (χ1) is 18.9. The van der Waals surface area contributed by atoms with Crippen molar-refractivity contribution >= 4 is 16.8 Å². The lowest BCUT2D eigenvalue weighted by Gasteiger charge is -2.57. The quantitative estimate of drug-likeness (QED) is 0.348. The summed E-state index contributed by atoms with van der Waals surface area (Å²) in [7, 11) is 0. The molecule has 0 radical (unpaired) electrons. The summed E-state index contributed by atoms with van der Waals surface area (Å²) < 4.78 is 2.58. The maximum absolute atomic E-state index is 13.5. The number of nitrogens with two attached hydrogens (primary N) is 1. The monoisotopic (exact) mass is 523 g/mol. The smallest absolute Gasteiger partial charge is 0.221 e. The number of hydrogen-bond acceptors (Lipinski definition) is 2. The zero-order chi connectivity index (χ0) is 26.6. The minimum absolute atomic E-state index is 0.0401. The van der Waals surface area contributed by atoms with E-state index in [4.69, 9.17) is 5.73 Å². The Kier molecular flexibility index (Phi) is 6.58. The molecule has 39 heavy (non-hydrogen) atoms. The van der Waals surface area contributed by atoms with Crippen LogP contribution in [-0.4, -0.2) is 22.6 Å². The van der Waals surface area contributed by atoms with Crippen LogP contribution < -0.4 is 11.1 Å². The summed E-state index contributed by atoms with van der Waals surface area (Å²) in [4.78, 5) is 13.5. The third-order valence-corrected chi connectivity index (χ3v) is 10.8. The number of carbonyl (C=O) groups is 1. The lowest BCUT2D eigenvalue weighted by Crippen LogP contribution is -2.47. The highest BCUT2D eigenvalue weighted by atomic mass is 16.1. The number of hydrogen-bond donors (Lipinski definition) is 2. The van der Waals surface area contributed by atoms with Crippen LogP contribution in [0.4, 0.5) is 0 Å². The van der Waals surface area contributed by atoms with Gasteiger partial charge in [0, 0.05) is 48.1 Å². The Morgan fingerprint density at radius 1 is 0.974 bits per heavy atom. The van der Waals surface area contributed by atoms with Gasteiger partial charge in [0.1, 0.15) is 0 Å². The largest absolute Gasteiger partial charge is 0.353 e. The van der Waals surface area contributed by atoms with Crippen LogP contribution in [0.5, 0.6) is 0 Å². The lowest BCUT2D eigenvalue weighted by molar-refractivity contribution is -0.122. The Labute approximate surface area is 233 Å². The van der Waals surface area contributed by atoms with E-state index in [1.54, 1.807) is 0 Å². The zero-order valence-corrected chi connectivity index (χ0v) is 23.6. The van der Waals surface area contributed by atoms with Crippen molar-refractivity contribution in [2.45, 2.75) is 102 Å². The van der Waals surface area contributed by atoms with E-state index in [0.29, 0.717) is 17.9 Å². The third kappa shape index (κ3) is 5.06. The van der Waals surface area contributed by atoms with Crippen LogP contribution >= 0.6 is 0 Å². The number of aromatic nitrogens is 1. The molecule has 0 saturated heterocycles. The van der Waals surface area contributed by atoms with Gasteiger partial charge in [-0.2, -0.15) is 0 Å². The fourth-order valence-electron chi connectivity index (χ4n) is 9.56. The predicted octanol–water partition coefficient (Wildman–Crippen LogP) is 7.07. The molecule has 3 aromatic rings. The average molecular weight is 524 g/mol. The summed E-state index contributed by atoms with van der Waals surface area (Å²) in [6.45, 7) is 3.29. The van der Waals surface area contributed by atoms with Gasteiger partial charge in [-0.3, -0.25) is 4.79 Å². The number of amides is 1. The first-order valence-corrected chi connectivity index (χ1v) is 15.6. The number of nitrogens with zero attached hydrogens (tertiary/aromatic N) is 1. The van der Waals surface area contributed by atoms with Gasteiger partial charge in [-0.1, -0.05) is 48.0 Å². The second-order valence-electron chi connectivity index (χ2n) is 14.0. The van der Waals surface area contributed by atoms with Gasteiger partial charge < -0.3 is 15.6 Å². The number of benzene rings is 2. The van der Waals surface area contributed by atoms with Crippen molar-refractivity contribution in [3.05, 3.63) is 71.4 Å². The van der Waals surface area contributed by atoms with E-state index >= 15 is 0 Å². The molecule has 1 atom stereocenters. The molecule has 1 aromatic heterocycles. The number of para-hydroxylation sites is 1. The second-order valence-corrected chi connectivity index (χ2v) is 14.0. The van der Waals surface area contributed by atoms with Gasteiger partial charge in [-0.25, -0.2) is 0 Å². The van der Waals surface area contributed by atoms with Crippen molar-refractivity contribution in [2.75, 3.05) is 0 Å². The molecule has 4 bridgehead atoms. The van der Waals surface area contributed by atoms with Gasteiger partial charge in [0.05, 0.1) is 0 Å². The fraction of sp³-hybridized carbons (Fsp3) is 0.571. The minimum atomic E-state index is 0.0401. The van der Waals surface area contributed by atoms with E-state index in [1.807, 2.05) is 0 Å². The van der Waals surface area contributed by atoms with Crippen molar-refractivity contribution in [1.29, 1.82) is 0 Å². The minimum Gasteiger partial charge on any atom is -0.353 e. The molecule has 5 aliphatic rings. The Morgan fingerprint density at radius 2 is 1.67 bits per heavy atom. The topological polar surface area (TPSA) is 60.1 Å². The first kappa shape index (κ1) is 25.4. The third-order valence-electron chi connectivity index (χ3n) is 10.8. The van der Waals surface area contributed by atoms with Gasteiger partial charge in [-0.05, 0) is 111 Å². The van der Waals surface area contributed by atoms with Crippen LogP contribution in [0.15, 0.2) is 54.7 Å². The van der Waals surface area contributed by atoms with Gasteiger partial charge >= 0.3 is 0 Å². The summed E-state index contributed by atoms with van der Waals surface area (Å²) in [5.41, 5.74) is 11.7. The second kappa shape index (κ2) is 10.1. The van der Waals surface area contributed by atoms with Crippen molar-refractivity contribution in [3.63, 3.8) is 0 Å². The molecule has 3 N–H and O–H groups in total. The van der Waals surface area contributed by atoms with Crippen LogP contribution in [0.25, 0.3) is 10.9 Å². The Balaban J connectivity index is 1.22. The highest BCUT2D eigenvalue weighted by Gasteiger charge is 2.51. The Morgan fingerprint density at radius 3 is 2.36 bits per heavy atom. The van der Waals surface area contributed by atoms with Crippen LogP contribution in [0.2, 0.25) is 0 Å². The molecule has 5 aliphatic carbocycles. The van der Waals surface area contributed by atoms with Gasteiger partial charge in [-0.15, -0.1) is 0 Å². The first-order valence-electron chi connectivity index (χ1n) is 15.6. The average Bonchev–Trinajstić information content (AvgIpc) is 3.25. The van der Waals surface area contributed by atoms with Crippen molar-refractivity contribution in [1.82, 2.24) is 9.88 Å². The van der Waals surface area contributed by atoms with E-state index in [2.05, 4.69) is 71.5 Å². The Bertz CT molecular complexity index is 1310. The summed E-state index contributed by atoms with van der Waals surface area (Å²) in [6, 6.07) is 18.3. The number of fused-ring (bicyclic) bond motifs is 1. The normalized spacial score (nSPS) is 32.4. The highest BCUT2D eigenvalue weighted by Crippen LogP contribution is 2.60. The summed E-state index contributed by atoms with van der Waals surface area (Å²) >= 11 is 0. The maximum atomic E-state index is 13.5. The number of nitrogens with one attached hydrogen (secondary N) is 1. The molecule has 8 rings (SSSR count). The molecule has 0 aliphatic heterocycles. The molecule has 5 fully saturated rings. The Hall–Kier alpha value is -2.59. The molecule has 0 spiro atoms. The molecule has 1 unspecified atom stereocenters. The maximum Gasteiger partial charge on any atom is 0.221 e. The van der Waals surface area contributed by atoms with E-state index in [0.717, 1.165) is 50.0 Å². The van der Waals surface area contributed by atoms with Crippen LogP contribution in [-0.2, 0) is 11.3 Å². The van der Waals surface area contributed by atoms with Crippen molar-refractivity contribution in [2.24, 2.45) is 28.9 Å². The molecular formula is C35H45N3O. The van der Waals surface area contributed by atoms with Crippen LogP contribution in [0, 0.1) is 30.1 Å². The number of aryl methyl sites for hydroxylation is 1. The zero-order valence-electron chi connectivity index (χ0n) is 23.6. The van der Waals surface area contributed by atoms with E-state index in [-0.39, 0.29) is 17.9 Å². The molecule has 4 nitrogen and oxygen atoms in total. The molecule has 1 amide bonds. The van der Waals surface area contributed by atoms with E-state index in [9.17, 15) is 4.79 Å². The van der Waals surface area contributed by atoms with Gasteiger partial charge in [0.15, 0.2) is 0 Å². The molecule has 206 valence electrons.